The highest BCUT2D eigenvalue weighted by atomic mass is 16.7. The van der Waals surface area contributed by atoms with Gasteiger partial charge in [-0.1, -0.05) is 6.07 Å². The van der Waals surface area contributed by atoms with Gasteiger partial charge in [0.25, 0.3) is 0 Å². The van der Waals surface area contributed by atoms with Crippen LogP contribution in [0.5, 0.6) is 11.5 Å². The molecule has 0 spiro atoms. The van der Waals surface area contributed by atoms with E-state index in [1.54, 1.807) is 25.1 Å². The zero-order valence-electron chi connectivity index (χ0n) is 10.7. The number of hydrogen-bond acceptors (Lipinski definition) is 5. The molecule has 0 aromatic heterocycles. The molecule has 7 heteroatoms. The lowest BCUT2D eigenvalue weighted by atomic mass is 9.81. The first-order valence-corrected chi connectivity index (χ1v) is 6.12. The first kappa shape index (κ1) is 12.6. The maximum Gasteiger partial charge on any atom is 0.405 e. The molecule has 7 nitrogen and oxygen atoms in total. The minimum atomic E-state index is -1.26. The van der Waals surface area contributed by atoms with Gasteiger partial charge < -0.3 is 24.6 Å². The van der Waals surface area contributed by atoms with E-state index in [1.165, 1.54) is 0 Å². The number of nitrogens with one attached hydrogen (secondary N) is 1. The van der Waals surface area contributed by atoms with Gasteiger partial charge in [0.05, 0.1) is 0 Å². The molecule has 1 amide bonds. The van der Waals surface area contributed by atoms with Crippen molar-refractivity contribution in [1.82, 2.24) is 5.32 Å². The molecule has 0 saturated carbocycles. The fourth-order valence-corrected chi connectivity index (χ4v) is 2.45. The molecule has 2 heterocycles. The van der Waals surface area contributed by atoms with E-state index in [9.17, 15) is 9.59 Å². The van der Waals surface area contributed by atoms with Gasteiger partial charge in [0.2, 0.25) is 6.79 Å². The van der Waals surface area contributed by atoms with Crippen molar-refractivity contribution in [2.24, 2.45) is 0 Å². The molecule has 20 heavy (non-hydrogen) atoms. The minimum absolute atomic E-state index is 0.162. The highest BCUT2D eigenvalue weighted by Crippen LogP contribution is 2.36. The van der Waals surface area contributed by atoms with Gasteiger partial charge in [-0.15, -0.1) is 0 Å². The van der Waals surface area contributed by atoms with Crippen LogP contribution >= 0.6 is 0 Å². The van der Waals surface area contributed by atoms with Gasteiger partial charge in [-0.25, -0.2) is 9.59 Å². The second-order valence-corrected chi connectivity index (χ2v) is 4.81. The van der Waals surface area contributed by atoms with Gasteiger partial charge >= 0.3 is 12.1 Å². The molecule has 1 saturated heterocycles. The van der Waals surface area contributed by atoms with Crippen LogP contribution in [0, 0.1) is 0 Å². The molecule has 0 radical (unpaired) electrons. The maximum atomic E-state index is 11.7. The maximum absolute atomic E-state index is 11.7. The highest BCUT2D eigenvalue weighted by Gasteiger charge is 2.57. The average Bonchev–Trinajstić information content (AvgIpc) is 2.85. The van der Waals surface area contributed by atoms with Crippen molar-refractivity contribution in [1.29, 1.82) is 0 Å². The van der Waals surface area contributed by atoms with E-state index in [4.69, 9.17) is 19.3 Å². The lowest BCUT2D eigenvalue weighted by Crippen LogP contribution is -2.71. The van der Waals surface area contributed by atoms with Crippen LogP contribution in [0.15, 0.2) is 18.2 Å². The SMILES string of the molecule is C[C@@H]1OC(=O)[C@]1(Cc1ccc2c(c1)OCO2)NC(=O)O. The Balaban J connectivity index is 1.87. The largest absolute Gasteiger partial charge is 0.465 e. The monoisotopic (exact) mass is 279 g/mol. The fraction of sp³-hybridized carbons (Fsp3) is 0.385. The molecular weight excluding hydrogens is 266 g/mol. The average molecular weight is 279 g/mol. The molecule has 2 aliphatic heterocycles. The van der Waals surface area contributed by atoms with E-state index in [0.717, 1.165) is 5.56 Å². The van der Waals surface area contributed by atoms with E-state index in [1.807, 2.05) is 0 Å². The molecule has 0 unspecified atom stereocenters. The summed E-state index contributed by atoms with van der Waals surface area (Å²) in [6.07, 6.45) is -1.57. The molecule has 2 aliphatic rings. The Kier molecular flexibility index (Phi) is 2.70. The summed E-state index contributed by atoms with van der Waals surface area (Å²) in [4.78, 5) is 22.6. The molecule has 3 rings (SSSR count). The summed E-state index contributed by atoms with van der Waals surface area (Å²) in [6, 6.07) is 5.25. The number of benzene rings is 1. The van der Waals surface area contributed by atoms with Crippen molar-refractivity contribution in [3.8, 4) is 11.5 Å². The Morgan fingerprint density at radius 2 is 2.20 bits per heavy atom. The summed E-state index contributed by atoms with van der Waals surface area (Å²) in [5.74, 6) is 0.664. The summed E-state index contributed by atoms with van der Waals surface area (Å²) in [6.45, 7) is 1.82. The summed E-state index contributed by atoms with van der Waals surface area (Å²) in [7, 11) is 0. The zero-order valence-corrected chi connectivity index (χ0v) is 10.7. The number of esters is 1. The normalized spacial score (nSPS) is 26.6. The quantitative estimate of drug-likeness (QED) is 0.799. The van der Waals surface area contributed by atoms with E-state index in [-0.39, 0.29) is 13.2 Å². The van der Waals surface area contributed by atoms with Gasteiger partial charge in [0, 0.05) is 6.42 Å². The van der Waals surface area contributed by atoms with Crippen molar-refractivity contribution in [3.05, 3.63) is 23.8 Å². The van der Waals surface area contributed by atoms with E-state index in [0.29, 0.717) is 11.5 Å². The van der Waals surface area contributed by atoms with Crippen molar-refractivity contribution in [2.75, 3.05) is 6.79 Å². The molecule has 0 bridgehead atoms. The number of rotatable bonds is 3. The number of amides is 1. The Morgan fingerprint density at radius 1 is 1.45 bits per heavy atom. The number of fused-ring (bicyclic) bond motifs is 1. The second-order valence-electron chi connectivity index (χ2n) is 4.81. The first-order chi connectivity index (χ1) is 9.51. The number of carboxylic acid groups (broad SMARTS) is 1. The fourth-order valence-electron chi connectivity index (χ4n) is 2.45. The Morgan fingerprint density at radius 3 is 2.85 bits per heavy atom. The molecule has 1 aromatic carbocycles. The van der Waals surface area contributed by atoms with Crippen LogP contribution in [0.25, 0.3) is 0 Å². The van der Waals surface area contributed by atoms with Crippen molar-refractivity contribution in [2.45, 2.75) is 25.0 Å². The molecule has 2 atom stereocenters. The first-order valence-electron chi connectivity index (χ1n) is 6.12. The number of carbonyl (C=O) groups excluding carboxylic acids is 1. The summed E-state index contributed by atoms with van der Waals surface area (Å²) < 4.78 is 15.4. The van der Waals surface area contributed by atoms with Crippen LogP contribution in [0.2, 0.25) is 0 Å². The number of hydrogen-bond donors (Lipinski definition) is 2. The van der Waals surface area contributed by atoms with Crippen LogP contribution in [0.4, 0.5) is 4.79 Å². The Bertz CT molecular complexity index is 586. The van der Waals surface area contributed by atoms with Crippen molar-refractivity contribution >= 4 is 12.1 Å². The topological polar surface area (TPSA) is 94.1 Å². The molecule has 0 aliphatic carbocycles. The van der Waals surface area contributed by atoms with Crippen molar-refractivity contribution in [3.63, 3.8) is 0 Å². The van der Waals surface area contributed by atoms with Gasteiger partial charge in [-0.05, 0) is 24.6 Å². The van der Waals surface area contributed by atoms with Gasteiger partial charge in [-0.2, -0.15) is 0 Å². The van der Waals surface area contributed by atoms with Crippen LogP contribution in [0.3, 0.4) is 0 Å². The minimum Gasteiger partial charge on any atom is -0.465 e. The van der Waals surface area contributed by atoms with Gasteiger partial charge in [-0.3, -0.25) is 0 Å². The summed E-state index contributed by atoms with van der Waals surface area (Å²) in [5.41, 5.74) is -0.467. The smallest absolute Gasteiger partial charge is 0.405 e. The lowest BCUT2D eigenvalue weighted by molar-refractivity contribution is -0.190. The Labute approximate surface area is 114 Å². The molecule has 106 valence electrons. The predicted octanol–water partition coefficient (Wildman–Crippen LogP) is 0.909. The third kappa shape index (κ3) is 1.82. The van der Waals surface area contributed by atoms with Crippen LogP contribution < -0.4 is 14.8 Å². The third-order valence-electron chi connectivity index (χ3n) is 3.59. The number of ether oxygens (including phenoxy) is 3. The van der Waals surface area contributed by atoms with E-state index in [2.05, 4.69) is 5.32 Å². The van der Waals surface area contributed by atoms with Crippen LogP contribution in [-0.4, -0.2) is 35.6 Å². The van der Waals surface area contributed by atoms with Gasteiger partial charge in [0.1, 0.15) is 6.10 Å². The molecular formula is C13H13NO6. The van der Waals surface area contributed by atoms with Gasteiger partial charge in [0.15, 0.2) is 17.0 Å². The lowest BCUT2D eigenvalue weighted by Gasteiger charge is -2.44. The van der Waals surface area contributed by atoms with E-state index < -0.39 is 23.7 Å². The van der Waals surface area contributed by atoms with Crippen molar-refractivity contribution < 1.29 is 28.9 Å². The second kappa shape index (κ2) is 4.29. The molecule has 1 aromatic rings. The number of carbonyl (C=O) groups is 2. The van der Waals surface area contributed by atoms with E-state index >= 15 is 0 Å². The summed E-state index contributed by atoms with van der Waals surface area (Å²) in [5, 5.41) is 11.2. The number of cyclic esters (lactones) is 1. The third-order valence-corrected chi connectivity index (χ3v) is 3.59. The van der Waals surface area contributed by atoms with Crippen LogP contribution in [0.1, 0.15) is 12.5 Å². The standard InChI is InChI=1S/C13H13NO6/c1-7-13(11(15)20-7,14-12(16)17)5-8-2-3-9-10(4-8)19-6-18-9/h2-4,7,14H,5-6H2,1H3,(H,16,17)/t7-,13+/m0/s1. The Hall–Kier alpha value is -2.44. The summed E-state index contributed by atoms with van der Waals surface area (Å²) >= 11 is 0. The predicted molar refractivity (Wildman–Crippen MR) is 65.7 cm³/mol. The zero-order chi connectivity index (χ0) is 14.3. The highest BCUT2D eigenvalue weighted by molar-refractivity contribution is 5.91. The molecule has 2 N–H and O–H groups in total. The molecule has 1 fully saturated rings. The van der Waals surface area contributed by atoms with Crippen LogP contribution in [-0.2, 0) is 16.0 Å².